The lowest BCUT2D eigenvalue weighted by Gasteiger charge is -2.27. The molecule has 90 valence electrons. The van der Waals surface area contributed by atoms with Crippen molar-refractivity contribution in [3.8, 4) is 0 Å². The van der Waals surface area contributed by atoms with E-state index in [9.17, 15) is 8.42 Å². The van der Waals surface area contributed by atoms with Gasteiger partial charge in [0.2, 0.25) is 10.0 Å². The maximum atomic E-state index is 11.7. The summed E-state index contributed by atoms with van der Waals surface area (Å²) in [6.07, 6.45) is 4.42. The molecular weight excluding hydrogens is 212 g/mol. The van der Waals surface area contributed by atoms with Gasteiger partial charge in [-0.1, -0.05) is 19.3 Å². The Morgan fingerprint density at radius 1 is 1.40 bits per heavy atom. The summed E-state index contributed by atoms with van der Waals surface area (Å²) in [6.45, 7) is 3.91. The smallest absolute Gasteiger partial charge is 0.212 e. The SMILES string of the molecule is CC(C)(CN)NS(=O)(=O)CCC1CCC1. The highest BCUT2D eigenvalue weighted by Crippen LogP contribution is 2.29. The lowest BCUT2D eigenvalue weighted by molar-refractivity contribution is 0.306. The molecular formula is C10H22N2O2S. The van der Waals surface area contributed by atoms with E-state index in [0.717, 1.165) is 6.42 Å². The van der Waals surface area contributed by atoms with Crippen LogP contribution in [0.15, 0.2) is 0 Å². The zero-order valence-electron chi connectivity index (χ0n) is 9.62. The second kappa shape index (κ2) is 4.80. The molecule has 0 atom stereocenters. The summed E-state index contributed by atoms with van der Waals surface area (Å²) in [7, 11) is -3.15. The average Bonchev–Trinajstić information content (AvgIpc) is 1.99. The molecule has 0 bridgehead atoms. The van der Waals surface area contributed by atoms with Gasteiger partial charge in [0.15, 0.2) is 0 Å². The van der Waals surface area contributed by atoms with E-state index in [4.69, 9.17) is 5.73 Å². The predicted octanol–water partition coefficient (Wildman–Crippen LogP) is 0.833. The minimum absolute atomic E-state index is 0.237. The van der Waals surface area contributed by atoms with E-state index in [1.807, 2.05) is 0 Å². The molecule has 3 N–H and O–H groups in total. The van der Waals surface area contributed by atoms with Crippen LogP contribution >= 0.6 is 0 Å². The molecule has 0 aliphatic heterocycles. The maximum Gasteiger partial charge on any atom is 0.212 e. The van der Waals surface area contributed by atoms with Crippen LogP contribution in [-0.2, 0) is 10.0 Å². The second-order valence-corrected chi connectivity index (χ2v) is 6.94. The van der Waals surface area contributed by atoms with Gasteiger partial charge in [0.1, 0.15) is 0 Å². The van der Waals surface area contributed by atoms with Gasteiger partial charge in [0, 0.05) is 12.1 Å². The van der Waals surface area contributed by atoms with E-state index in [2.05, 4.69) is 4.72 Å². The average molecular weight is 234 g/mol. The topological polar surface area (TPSA) is 72.2 Å². The molecule has 0 aromatic heterocycles. The fraction of sp³-hybridized carbons (Fsp3) is 1.00. The molecule has 1 fully saturated rings. The summed E-state index contributed by atoms with van der Waals surface area (Å²) in [6, 6.07) is 0. The number of rotatable bonds is 6. The van der Waals surface area contributed by atoms with Crippen LogP contribution in [0.5, 0.6) is 0 Å². The highest BCUT2D eigenvalue weighted by atomic mass is 32.2. The zero-order valence-corrected chi connectivity index (χ0v) is 10.4. The van der Waals surface area contributed by atoms with Gasteiger partial charge in [-0.15, -0.1) is 0 Å². The van der Waals surface area contributed by atoms with Crippen molar-refractivity contribution >= 4 is 10.0 Å². The Balaban J connectivity index is 2.37. The van der Waals surface area contributed by atoms with Crippen LogP contribution in [0.2, 0.25) is 0 Å². The molecule has 1 rings (SSSR count). The van der Waals surface area contributed by atoms with Crippen LogP contribution in [0.25, 0.3) is 0 Å². The van der Waals surface area contributed by atoms with Gasteiger partial charge in [-0.05, 0) is 26.2 Å². The summed E-state index contributed by atoms with van der Waals surface area (Å²) < 4.78 is 26.0. The van der Waals surface area contributed by atoms with Crippen LogP contribution in [0.4, 0.5) is 0 Å². The van der Waals surface area contributed by atoms with Crippen molar-refractivity contribution in [1.29, 1.82) is 0 Å². The molecule has 0 saturated heterocycles. The highest BCUT2D eigenvalue weighted by Gasteiger charge is 2.25. The van der Waals surface area contributed by atoms with Gasteiger partial charge in [-0.2, -0.15) is 0 Å². The number of hydrogen-bond acceptors (Lipinski definition) is 3. The van der Waals surface area contributed by atoms with E-state index in [1.54, 1.807) is 13.8 Å². The van der Waals surface area contributed by atoms with Crippen LogP contribution in [0, 0.1) is 5.92 Å². The summed E-state index contributed by atoms with van der Waals surface area (Å²) in [5.74, 6) is 0.865. The minimum atomic E-state index is -3.15. The number of nitrogens with one attached hydrogen (secondary N) is 1. The van der Waals surface area contributed by atoms with Gasteiger partial charge < -0.3 is 5.73 Å². The number of hydrogen-bond donors (Lipinski definition) is 2. The summed E-state index contributed by atoms with van der Waals surface area (Å²) in [4.78, 5) is 0. The maximum absolute atomic E-state index is 11.7. The molecule has 1 aliphatic rings. The zero-order chi connectivity index (χ0) is 11.5. The molecule has 1 aliphatic carbocycles. The Hall–Kier alpha value is -0.130. The van der Waals surface area contributed by atoms with Crippen molar-refractivity contribution < 1.29 is 8.42 Å². The normalized spacial score (nSPS) is 18.9. The van der Waals surface area contributed by atoms with Crippen LogP contribution in [-0.4, -0.2) is 26.3 Å². The van der Waals surface area contributed by atoms with E-state index in [0.29, 0.717) is 12.5 Å². The Bertz CT molecular complexity index is 295. The first-order valence-corrected chi connectivity index (χ1v) is 7.21. The first-order chi connectivity index (χ1) is 6.85. The Morgan fingerprint density at radius 2 is 2.00 bits per heavy atom. The molecule has 0 aromatic rings. The van der Waals surface area contributed by atoms with Gasteiger partial charge in [-0.3, -0.25) is 0 Å². The molecule has 0 radical (unpaired) electrons. The van der Waals surface area contributed by atoms with Crippen molar-refractivity contribution in [3.05, 3.63) is 0 Å². The molecule has 0 unspecified atom stereocenters. The van der Waals surface area contributed by atoms with Gasteiger partial charge in [-0.25, -0.2) is 13.1 Å². The third-order valence-electron chi connectivity index (χ3n) is 2.96. The summed E-state index contributed by atoms with van der Waals surface area (Å²) in [5.41, 5.74) is 4.95. The predicted molar refractivity (Wildman–Crippen MR) is 62.0 cm³/mol. The fourth-order valence-corrected chi connectivity index (χ4v) is 3.29. The third-order valence-corrected chi connectivity index (χ3v) is 4.60. The van der Waals surface area contributed by atoms with Crippen LogP contribution in [0.1, 0.15) is 39.5 Å². The van der Waals surface area contributed by atoms with Crippen LogP contribution in [0.3, 0.4) is 0 Å². The third kappa shape index (κ3) is 4.49. The largest absolute Gasteiger partial charge is 0.329 e. The fourth-order valence-electron chi connectivity index (χ4n) is 1.62. The van der Waals surface area contributed by atoms with Crippen LogP contribution < -0.4 is 10.5 Å². The highest BCUT2D eigenvalue weighted by molar-refractivity contribution is 7.89. The Labute approximate surface area is 92.7 Å². The molecule has 1 saturated carbocycles. The Morgan fingerprint density at radius 3 is 2.40 bits per heavy atom. The first kappa shape index (κ1) is 12.9. The number of sulfonamides is 1. The summed E-state index contributed by atoms with van der Waals surface area (Å²) >= 11 is 0. The molecule has 0 heterocycles. The monoisotopic (exact) mass is 234 g/mol. The van der Waals surface area contributed by atoms with Crippen molar-refractivity contribution in [2.45, 2.75) is 45.1 Å². The quantitative estimate of drug-likeness (QED) is 0.715. The molecule has 0 amide bonds. The van der Waals surface area contributed by atoms with Gasteiger partial charge >= 0.3 is 0 Å². The second-order valence-electron chi connectivity index (χ2n) is 5.09. The van der Waals surface area contributed by atoms with Gasteiger partial charge in [0.05, 0.1) is 5.75 Å². The first-order valence-electron chi connectivity index (χ1n) is 5.56. The molecule has 5 heteroatoms. The molecule has 4 nitrogen and oxygen atoms in total. The Kier molecular flexibility index (Phi) is 4.14. The van der Waals surface area contributed by atoms with Crippen molar-refractivity contribution in [2.24, 2.45) is 11.7 Å². The van der Waals surface area contributed by atoms with Crippen molar-refractivity contribution in [1.82, 2.24) is 4.72 Å². The van der Waals surface area contributed by atoms with E-state index in [1.165, 1.54) is 19.3 Å². The lowest BCUT2D eigenvalue weighted by Crippen LogP contribution is -2.49. The van der Waals surface area contributed by atoms with Crippen molar-refractivity contribution in [3.63, 3.8) is 0 Å². The van der Waals surface area contributed by atoms with E-state index >= 15 is 0 Å². The summed E-state index contributed by atoms with van der Waals surface area (Å²) in [5, 5.41) is 0. The lowest BCUT2D eigenvalue weighted by atomic mass is 9.84. The standard InChI is InChI=1S/C10H22N2O2S/c1-10(2,8-11)12-15(13,14)7-6-9-4-3-5-9/h9,12H,3-8,11H2,1-2H3. The molecule has 0 aromatic carbocycles. The van der Waals surface area contributed by atoms with Gasteiger partial charge in [0.25, 0.3) is 0 Å². The number of nitrogens with two attached hydrogens (primary N) is 1. The van der Waals surface area contributed by atoms with E-state index in [-0.39, 0.29) is 5.75 Å². The molecule has 15 heavy (non-hydrogen) atoms. The minimum Gasteiger partial charge on any atom is -0.329 e. The van der Waals surface area contributed by atoms with E-state index < -0.39 is 15.6 Å². The van der Waals surface area contributed by atoms with Crippen molar-refractivity contribution in [2.75, 3.05) is 12.3 Å². The molecule has 0 spiro atoms.